The van der Waals surface area contributed by atoms with Crippen LogP contribution in [0.1, 0.15) is 26.7 Å². The van der Waals surface area contributed by atoms with Crippen LogP contribution in [0.5, 0.6) is 0 Å². The van der Waals surface area contributed by atoms with Gasteiger partial charge in [-0.25, -0.2) is 0 Å². The maximum Gasteiger partial charge on any atom is 0.220 e. The van der Waals surface area contributed by atoms with Crippen LogP contribution in [0.15, 0.2) is 0 Å². The van der Waals surface area contributed by atoms with Gasteiger partial charge in [-0.05, 0) is 12.3 Å². The molecule has 0 aromatic rings. The van der Waals surface area contributed by atoms with Crippen LogP contribution in [0.4, 0.5) is 0 Å². The molecule has 1 N–H and O–H groups in total. The molecule has 0 aliphatic rings. The molecule has 0 rings (SSSR count). The number of carbonyl (C=O) groups excluding carboxylic acids is 1. The zero-order valence-electron chi connectivity index (χ0n) is 7.19. The van der Waals surface area contributed by atoms with E-state index in [1.54, 1.807) is 0 Å². The van der Waals surface area contributed by atoms with Gasteiger partial charge in [-0.1, -0.05) is 13.8 Å². The summed E-state index contributed by atoms with van der Waals surface area (Å²) >= 11 is 5.43. The lowest BCUT2D eigenvalue weighted by atomic mass is 10.2. The van der Waals surface area contributed by atoms with Gasteiger partial charge in [0.15, 0.2) is 0 Å². The van der Waals surface area contributed by atoms with E-state index in [2.05, 4.69) is 19.2 Å². The van der Waals surface area contributed by atoms with Crippen LogP contribution in [-0.4, -0.2) is 18.3 Å². The Hall–Kier alpha value is -0.240. The quantitative estimate of drug-likeness (QED) is 0.638. The number of halogens is 1. The molecule has 1 amide bonds. The first-order valence-electron chi connectivity index (χ1n) is 3.99. The van der Waals surface area contributed by atoms with Gasteiger partial charge in [-0.2, -0.15) is 0 Å². The molecule has 0 saturated carbocycles. The summed E-state index contributed by atoms with van der Waals surface area (Å²) in [6, 6.07) is 0. The first kappa shape index (κ1) is 10.8. The van der Waals surface area contributed by atoms with Gasteiger partial charge in [0.05, 0.1) is 0 Å². The summed E-state index contributed by atoms with van der Waals surface area (Å²) in [4.78, 5) is 10.9. The summed E-state index contributed by atoms with van der Waals surface area (Å²) in [5.41, 5.74) is 0. The third kappa shape index (κ3) is 7.66. The molecule has 0 spiro atoms. The van der Waals surface area contributed by atoms with E-state index in [9.17, 15) is 4.79 Å². The van der Waals surface area contributed by atoms with Crippen molar-refractivity contribution in [2.24, 2.45) is 5.92 Å². The first-order valence-corrected chi connectivity index (χ1v) is 4.53. The fourth-order valence-electron chi connectivity index (χ4n) is 0.634. The monoisotopic (exact) mass is 177 g/mol. The number of carbonyl (C=O) groups is 1. The number of nitrogens with one attached hydrogen (secondary N) is 1. The average molecular weight is 178 g/mol. The molecule has 0 aliphatic carbocycles. The highest BCUT2D eigenvalue weighted by Gasteiger charge is 2.00. The molecule has 0 heterocycles. The van der Waals surface area contributed by atoms with Crippen molar-refractivity contribution in [1.82, 2.24) is 5.32 Å². The van der Waals surface area contributed by atoms with Crippen molar-refractivity contribution in [2.45, 2.75) is 26.7 Å². The Bertz CT molecular complexity index is 115. The Kier molecular flexibility index (Phi) is 6.33. The van der Waals surface area contributed by atoms with Crippen LogP contribution in [-0.2, 0) is 4.79 Å². The van der Waals surface area contributed by atoms with Crippen molar-refractivity contribution < 1.29 is 4.79 Å². The topological polar surface area (TPSA) is 29.1 Å². The van der Waals surface area contributed by atoms with Gasteiger partial charge in [0.25, 0.3) is 0 Å². The van der Waals surface area contributed by atoms with Gasteiger partial charge in [0, 0.05) is 18.8 Å². The van der Waals surface area contributed by atoms with E-state index in [1.165, 1.54) is 0 Å². The van der Waals surface area contributed by atoms with Crippen molar-refractivity contribution in [2.75, 3.05) is 12.4 Å². The van der Waals surface area contributed by atoms with Gasteiger partial charge in [-0.15, -0.1) is 11.6 Å². The lowest BCUT2D eigenvalue weighted by Crippen LogP contribution is -2.26. The van der Waals surface area contributed by atoms with Crippen molar-refractivity contribution in [3.63, 3.8) is 0 Å². The first-order chi connectivity index (χ1) is 5.16. The minimum Gasteiger partial charge on any atom is -0.356 e. The Morgan fingerprint density at radius 3 is 2.64 bits per heavy atom. The fraction of sp³-hybridized carbons (Fsp3) is 0.875. The van der Waals surface area contributed by atoms with E-state index in [1.807, 2.05) is 0 Å². The van der Waals surface area contributed by atoms with Crippen molar-refractivity contribution in [3.05, 3.63) is 0 Å². The number of alkyl halides is 1. The third-order valence-electron chi connectivity index (χ3n) is 1.24. The average Bonchev–Trinajstić information content (AvgIpc) is 1.97. The molecule has 0 fully saturated rings. The molecular formula is C8H16ClNO. The van der Waals surface area contributed by atoms with Crippen molar-refractivity contribution >= 4 is 17.5 Å². The molecule has 0 aromatic heterocycles. The molecule has 0 radical (unpaired) electrons. The molecule has 0 atom stereocenters. The van der Waals surface area contributed by atoms with E-state index in [4.69, 9.17) is 11.6 Å². The van der Waals surface area contributed by atoms with Crippen molar-refractivity contribution in [1.29, 1.82) is 0 Å². The lowest BCUT2D eigenvalue weighted by Gasteiger charge is -2.06. The zero-order chi connectivity index (χ0) is 8.69. The molecule has 66 valence electrons. The fourth-order valence-corrected chi connectivity index (χ4v) is 0.767. The lowest BCUT2D eigenvalue weighted by molar-refractivity contribution is -0.121. The summed E-state index contributed by atoms with van der Waals surface area (Å²) in [6.07, 6.45) is 1.32. The largest absolute Gasteiger partial charge is 0.356 e. The molecule has 3 heteroatoms. The second kappa shape index (κ2) is 6.47. The SMILES string of the molecule is CC(C)CNC(=O)CCCCl. The maximum absolute atomic E-state index is 10.9. The van der Waals surface area contributed by atoms with Crippen LogP contribution in [0.2, 0.25) is 0 Å². The number of hydrogen-bond acceptors (Lipinski definition) is 1. The number of rotatable bonds is 5. The van der Waals surface area contributed by atoms with Crippen LogP contribution in [0.25, 0.3) is 0 Å². The molecule has 0 unspecified atom stereocenters. The highest BCUT2D eigenvalue weighted by molar-refractivity contribution is 6.17. The van der Waals surface area contributed by atoms with E-state index in [0.717, 1.165) is 13.0 Å². The Morgan fingerprint density at radius 2 is 2.18 bits per heavy atom. The maximum atomic E-state index is 10.9. The predicted octanol–water partition coefficient (Wildman–Crippen LogP) is 1.78. The Morgan fingerprint density at radius 1 is 1.55 bits per heavy atom. The van der Waals surface area contributed by atoms with E-state index in [0.29, 0.717) is 18.2 Å². The highest BCUT2D eigenvalue weighted by atomic mass is 35.5. The molecule has 0 aliphatic heterocycles. The second-order valence-corrected chi connectivity index (χ2v) is 3.37. The minimum atomic E-state index is 0.111. The third-order valence-corrected chi connectivity index (χ3v) is 1.51. The summed E-state index contributed by atoms with van der Waals surface area (Å²) in [5, 5.41) is 2.82. The van der Waals surface area contributed by atoms with Crippen LogP contribution >= 0.6 is 11.6 Å². The predicted molar refractivity (Wildman–Crippen MR) is 47.8 cm³/mol. The second-order valence-electron chi connectivity index (χ2n) is 2.99. The molecule has 11 heavy (non-hydrogen) atoms. The summed E-state index contributed by atoms with van der Waals surface area (Å²) < 4.78 is 0. The smallest absolute Gasteiger partial charge is 0.220 e. The minimum absolute atomic E-state index is 0.111. The summed E-state index contributed by atoms with van der Waals surface area (Å²) in [6.45, 7) is 4.91. The summed E-state index contributed by atoms with van der Waals surface area (Å²) in [7, 11) is 0. The number of amides is 1. The molecule has 0 aromatic carbocycles. The highest BCUT2D eigenvalue weighted by Crippen LogP contribution is 1.93. The van der Waals surface area contributed by atoms with Crippen molar-refractivity contribution in [3.8, 4) is 0 Å². The van der Waals surface area contributed by atoms with Crippen LogP contribution in [0.3, 0.4) is 0 Å². The number of hydrogen-bond donors (Lipinski definition) is 1. The standard InChI is InChI=1S/C8H16ClNO/c1-7(2)6-10-8(11)4-3-5-9/h7H,3-6H2,1-2H3,(H,10,11). The van der Waals surface area contributed by atoms with Gasteiger partial charge >= 0.3 is 0 Å². The zero-order valence-corrected chi connectivity index (χ0v) is 7.95. The Labute approximate surface area is 73.3 Å². The van der Waals surface area contributed by atoms with E-state index < -0.39 is 0 Å². The van der Waals surface area contributed by atoms with E-state index in [-0.39, 0.29) is 5.91 Å². The molecule has 0 bridgehead atoms. The molecule has 2 nitrogen and oxygen atoms in total. The molecular weight excluding hydrogens is 162 g/mol. The van der Waals surface area contributed by atoms with Crippen LogP contribution < -0.4 is 5.32 Å². The van der Waals surface area contributed by atoms with Crippen LogP contribution in [0, 0.1) is 5.92 Å². The summed E-state index contributed by atoms with van der Waals surface area (Å²) in [5.74, 6) is 1.20. The Balaban J connectivity index is 3.23. The van der Waals surface area contributed by atoms with Gasteiger partial charge in [-0.3, -0.25) is 4.79 Å². The normalized spacial score (nSPS) is 10.2. The van der Waals surface area contributed by atoms with Gasteiger partial charge in [0.2, 0.25) is 5.91 Å². The van der Waals surface area contributed by atoms with Gasteiger partial charge < -0.3 is 5.32 Å². The van der Waals surface area contributed by atoms with Gasteiger partial charge in [0.1, 0.15) is 0 Å². The van der Waals surface area contributed by atoms with E-state index >= 15 is 0 Å². The molecule has 0 saturated heterocycles.